The minimum absolute atomic E-state index is 0.0870. The normalized spacial score (nSPS) is 21.8. The van der Waals surface area contributed by atoms with E-state index in [1.807, 2.05) is 18.2 Å². The molecule has 0 aromatic heterocycles. The lowest BCUT2D eigenvalue weighted by Crippen LogP contribution is -2.56. The Morgan fingerprint density at radius 3 is 2.37 bits per heavy atom. The van der Waals surface area contributed by atoms with Crippen molar-refractivity contribution in [3.63, 3.8) is 0 Å². The Labute approximate surface area is 117 Å². The van der Waals surface area contributed by atoms with Crippen molar-refractivity contribution < 1.29 is 5.11 Å². The Morgan fingerprint density at radius 2 is 1.79 bits per heavy atom. The molecule has 2 rings (SSSR count). The molecular formula is C17H27NO. The number of hydrogen-bond acceptors (Lipinski definition) is 2. The van der Waals surface area contributed by atoms with Gasteiger partial charge in [-0.2, -0.15) is 0 Å². The standard InChI is InChI=1S/C17H27NO/c1-3-17(2,18-12-8-5-9-13-18)16(19)14-15-10-6-4-7-11-15/h4,6-7,10-11,16,19H,3,5,8-9,12-14H2,1-2H3. The summed E-state index contributed by atoms with van der Waals surface area (Å²) in [6.45, 7) is 6.70. The highest BCUT2D eigenvalue weighted by Gasteiger charge is 2.37. The predicted molar refractivity (Wildman–Crippen MR) is 80.3 cm³/mol. The van der Waals surface area contributed by atoms with Gasteiger partial charge in [-0.15, -0.1) is 0 Å². The maximum absolute atomic E-state index is 10.7. The first-order valence-corrected chi connectivity index (χ1v) is 7.64. The van der Waals surface area contributed by atoms with Crippen molar-refractivity contribution in [3.8, 4) is 0 Å². The van der Waals surface area contributed by atoms with E-state index in [9.17, 15) is 5.11 Å². The second-order valence-electron chi connectivity index (χ2n) is 5.96. The molecule has 1 N–H and O–H groups in total. The monoisotopic (exact) mass is 261 g/mol. The van der Waals surface area contributed by atoms with Gasteiger partial charge in [0.2, 0.25) is 0 Å². The van der Waals surface area contributed by atoms with E-state index in [-0.39, 0.29) is 11.6 Å². The van der Waals surface area contributed by atoms with Crippen LogP contribution in [0.5, 0.6) is 0 Å². The Bertz CT molecular complexity index is 372. The van der Waals surface area contributed by atoms with Crippen LogP contribution in [0.3, 0.4) is 0 Å². The molecule has 2 atom stereocenters. The smallest absolute Gasteiger partial charge is 0.0761 e. The second-order valence-corrected chi connectivity index (χ2v) is 5.96. The fourth-order valence-electron chi connectivity index (χ4n) is 3.13. The first-order valence-electron chi connectivity index (χ1n) is 7.64. The molecule has 1 heterocycles. The molecule has 19 heavy (non-hydrogen) atoms. The number of hydrogen-bond donors (Lipinski definition) is 1. The van der Waals surface area contributed by atoms with Crippen LogP contribution < -0.4 is 0 Å². The molecule has 0 radical (unpaired) electrons. The van der Waals surface area contributed by atoms with Crippen molar-refractivity contribution in [2.24, 2.45) is 0 Å². The van der Waals surface area contributed by atoms with Crippen LogP contribution in [0, 0.1) is 0 Å². The lowest BCUT2D eigenvalue weighted by atomic mass is 9.84. The van der Waals surface area contributed by atoms with Crippen molar-refractivity contribution in [2.45, 2.75) is 57.6 Å². The molecule has 2 unspecified atom stereocenters. The SMILES string of the molecule is CCC(C)(C(O)Cc1ccccc1)N1CCCCC1. The third-order valence-electron chi connectivity index (χ3n) is 4.78. The van der Waals surface area contributed by atoms with Gasteiger partial charge in [-0.1, -0.05) is 43.7 Å². The lowest BCUT2D eigenvalue weighted by molar-refractivity contribution is -0.0328. The van der Waals surface area contributed by atoms with E-state index in [4.69, 9.17) is 0 Å². The molecule has 0 saturated carbocycles. The van der Waals surface area contributed by atoms with E-state index in [1.54, 1.807) is 0 Å². The van der Waals surface area contributed by atoms with E-state index >= 15 is 0 Å². The van der Waals surface area contributed by atoms with Crippen LogP contribution in [0.25, 0.3) is 0 Å². The fourth-order valence-corrected chi connectivity index (χ4v) is 3.13. The summed E-state index contributed by atoms with van der Waals surface area (Å²) in [6.07, 6.45) is 5.34. The van der Waals surface area contributed by atoms with Crippen molar-refractivity contribution in [2.75, 3.05) is 13.1 Å². The van der Waals surface area contributed by atoms with Gasteiger partial charge in [0, 0.05) is 12.0 Å². The van der Waals surface area contributed by atoms with Crippen molar-refractivity contribution in [3.05, 3.63) is 35.9 Å². The highest BCUT2D eigenvalue weighted by Crippen LogP contribution is 2.29. The summed E-state index contributed by atoms with van der Waals surface area (Å²) in [5, 5.41) is 10.7. The predicted octanol–water partition coefficient (Wildman–Crippen LogP) is 3.24. The number of benzene rings is 1. The molecule has 2 heteroatoms. The molecule has 0 amide bonds. The molecule has 2 nitrogen and oxygen atoms in total. The summed E-state index contributed by atoms with van der Waals surface area (Å²) in [5.74, 6) is 0. The maximum Gasteiger partial charge on any atom is 0.0761 e. The average molecular weight is 261 g/mol. The van der Waals surface area contributed by atoms with Crippen LogP contribution in [0.2, 0.25) is 0 Å². The number of rotatable bonds is 5. The van der Waals surface area contributed by atoms with E-state index in [1.165, 1.54) is 24.8 Å². The van der Waals surface area contributed by atoms with Gasteiger partial charge < -0.3 is 5.11 Å². The fraction of sp³-hybridized carbons (Fsp3) is 0.647. The largest absolute Gasteiger partial charge is 0.391 e. The summed E-state index contributed by atoms with van der Waals surface area (Å²) in [5.41, 5.74) is 1.14. The quantitative estimate of drug-likeness (QED) is 0.879. The third-order valence-corrected chi connectivity index (χ3v) is 4.78. The topological polar surface area (TPSA) is 23.5 Å². The van der Waals surface area contributed by atoms with Gasteiger partial charge in [0.05, 0.1) is 6.10 Å². The molecule has 0 aliphatic carbocycles. The Balaban J connectivity index is 2.06. The van der Waals surface area contributed by atoms with Crippen LogP contribution in [-0.4, -0.2) is 34.7 Å². The Morgan fingerprint density at radius 1 is 1.16 bits per heavy atom. The highest BCUT2D eigenvalue weighted by molar-refractivity contribution is 5.16. The zero-order valence-corrected chi connectivity index (χ0v) is 12.3. The van der Waals surface area contributed by atoms with E-state index in [2.05, 4.69) is 30.9 Å². The summed E-state index contributed by atoms with van der Waals surface area (Å²) in [4.78, 5) is 2.50. The summed E-state index contributed by atoms with van der Waals surface area (Å²) in [7, 11) is 0. The van der Waals surface area contributed by atoms with Gasteiger partial charge in [-0.25, -0.2) is 0 Å². The van der Waals surface area contributed by atoms with Crippen LogP contribution >= 0.6 is 0 Å². The summed E-state index contributed by atoms with van der Waals surface area (Å²) in [6, 6.07) is 10.3. The number of nitrogens with zero attached hydrogens (tertiary/aromatic N) is 1. The minimum atomic E-state index is -0.294. The second kappa shape index (κ2) is 6.53. The van der Waals surface area contributed by atoms with Crippen LogP contribution in [0.15, 0.2) is 30.3 Å². The van der Waals surface area contributed by atoms with Crippen molar-refractivity contribution in [1.29, 1.82) is 0 Å². The number of aliphatic hydroxyl groups is 1. The lowest BCUT2D eigenvalue weighted by Gasteiger charge is -2.46. The van der Waals surface area contributed by atoms with Gasteiger partial charge in [-0.3, -0.25) is 4.90 Å². The van der Waals surface area contributed by atoms with Gasteiger partial charge in [0.15, 0.2) is 0 Å². The molecule has 1 aromatic carbocycles. The average Bonchev–Trinajstić information content (AvgIpc) is 2.48. The highest BCUT2D eigenvalue weighted by atomic mass is 16.3. The zero-order chi connectivity index (χ0) is 13.7. The van der Waals surface area contributed by atoms with Gasteiger partial charge in [-0.05, 0) is 44.8 Å². The first-order chi connectivity index (χ1) is 9.16. The third kappa shape index (κ3) is 3.37. The van der Waals surface area contributed by atoms with Crippen LogP contribution in [0.4, 0.5) is 0 Å². The van der Waals surface area contributed by atoms with Crippen LogP contribution in [0.1, 0.15) is 45.1 Å². The zero-order valence-electron chi connectivity index (χ0n) is 12.3. The van der Waals surface area contributed by atoms with E-state index < -0.39 is 0 Å². The maximum atomic E-state index is 10.7. The molecule has 1 saturated heterocycles. The molecular weight excluding hydrogens is 234 g/mol. The molecule has 106 valence electrons. The Kier molecular flexibility index (Phi) is 5.00. The summed E-state index contributed by atoms with van der Waals surface area (Å²) < 4.78 is 0. The van der Waals surface area contributed by atoms with Crippen molar-refractivity contribution in [1.82, 2.24) is 4.90 Å². The number of likely N-dealkylation sites (tertiary alicyclic amines) is 1. The van der Waals surface area contributed by atoms with Gasteiger partial charge in [0.1, 0.15) is 0 Å². The minimum Gasteiger partial charge on any atom is -0.391 e. The Hall–Kier alpha value is -0.860. The molecule has 1 aliphatic rings. The number of piperidine rings is 1. The number of aliphatic hydroxyl groups excluding tert-OH is 1. The van der Waals surface area contributed by atoms with E-state index in [0.717, 1.165) is 25.9 Å². The van der Waals surface area contributed by atoms with Crippen LogP contribution in [-0.2, 0) is 6.42 Å². The molecule has 0 spiro atoms. The van der Waals surface area contributed by atoms with Crippen molar-refractivity contribution >= 4 is 0 Å². The molecule has 1 fully saturated rings. The summed E-state index contributed by atoms with van der Waals surface area (Å²) >= 11 is 0. The van der Waals surface area contributed by atoms with E-state index in [0.29, 0.717) is 0 Å². The van der Waals surface area contributed by atoms with Gasteiger partial charge in [0.25, 0.3) is 0 Å². The first kappa shape index (κ1) is 14.5. The molecule has 1 aromatic rings. The van der Waals surface area contributed by atoms with Gasteiger partial charge >= 0.3 is 0 Å². The molecule has 1 aliphatic heterocycles. The molecule has 0 bridgehead atoms.